The Balaban J connectivity index is 2.12. The molecule has 0 aliphatic carbocycles. The Bertz CT molecular complexity index is 169. The molecule has 4 heteroatoms. The fraction of sp³-hybridized carbons (Fsp3) is 1.00. The van der Waals surface area contributed by atoms with E-state index in [1.807, 2.05) is 0 Å². The zero-order valence-electron chi connectivity index (χ0n) is 10.2. The van der Waals surface area contributed by atoms with Gasteiger partial charge in [-0.15, -0.1) is 0 Å². The summed E-state index contributed by atoms with van der Waals surface area (Å²) in [6, 6.07) is 0.644. The van der Waals surface area contributed by atoms with Crippen molar-refractivity contribution in [1.29, 1.82) is 0 Å². The minimum Gasteiger partial charge on any atom is -0.383 e. The third-order valence-corrected chi connectivity index (χ3v) is 3.95. The Kier molecular flexibility index (Phi) is 6.64. The van der Waals surface area contributed by atoms with Crippen molar-refractivity contribution in [1.82, 2.24) is 10.2 Å². The van der Waals surface area contributed by atoms with Crippen molar-refractivity contribution in [3.05, 3.63) is 0 Å². The van der Waals surface area contributed by atoms with Crippen molar-refractivity contribution in [2.24, 2.45) is 0 Å². The van der Waals surface area contributed by atoms with Crippen LogP contribution in [-0.4, -0.2) is 61.8 Å². The standard InChI is InChI=1S/C11H24N2OS/c1-10(8-12-4-6-14-3)13-5-7-15-11(2)9-13/h10-12H,4-9H2,1-3H3. The third kappa shape index (κ3) is 5.20. The van der Waals surface area contributed by atoms with Crippen LogP contribution in [0, 0.1) is 0 Å². The summed E-state index contributed by atoms with van der Waals surface area (Å²) in [5.41, 5.74) is 0. The molecule has 2 unspecified atom stereocenters. The highest BCUT2D eigenvalue weighted by Gasteiger charge is 2.20. The van der Waals surface area contributed by atoms with Crippen molar-refractivity contribution in [3.63, 3.8) is 0 Å². The average molecular weight is 232 g/mol. The predicted octanol–water partition coefficient (Wildman–Crippen LogP) is 1.05. The first-order valence-corrected chi connectivity index (χ1v) is 6.84. The lowest BCUT2D eigenvalue weighted by molar-refractivity contribution is 0.185. The van der Waals surface area contributed by atoms with E-state index >= 15 is 0 Å². The summed E-state index contributed by atoms with van der Waals surface area (Å²) in [5, 5.41) is 4.22. The maximum absolute atomic E-state index is 5.01. The van der Waals surface area contributed by atoms with Gasteiger partial charge in [0.05, 0.1) is 6.61 Å². The van der Waals surface area contributed by atoms with Crippen LogP contribution in [0.4, 0.5) is 0 Å². The van der Waals surface area contributed by atoms with E-state index in [2.05, 4.69) is 35.8 Å². The minimum atomic E-state index is 0.644. The van der Waals surface area contributed by atoms with E-state index in [9.17, 15) is 0 Å². The molecule has 1 N–H and O–H groups in total. The smallest absolute Gasteiger partial charge is 0.0587 e. The highest BCUT2D eigenvalue weighted by atomic mass is 32.2. The molecule has 90 valence electrons. The van der Waals surface area contributed by atoms with Crippen LogP contribution in [-0.2, 0) is 4.74 Å². The Hall–Kier alpha value is 0.230. The number of methoxy groups -OCH3 is 1. The fourth-order valence-electron chi connectivity index (χ4n) is 1.86. The van der Waals surface area contributed by atoms with Gasteiger partial charge in [0.1, 0.15) is 0 Å². The molecule has 1 heterocycles. The molecule has 1 aliphatic heterocycles. The Morgan fingerprint density at radius 3 is 3.07 bits per heavy atom. The molecular weight excluding hydrogens is 208 g/mol. The molecule has 0 aromatic heterocycles. The summed E-state index contributed by atoms with van der Waals surface area (Å²) < 4.78 is 5.01. The van der Waals surface area contributed by atoms with Gasteiger partial charge in [0, 0.05) is 50.3 Å². The van der Waals surface area contributed by atoms with E-state index in [1.54, 1.807) is 7.11 Å². The maximum Gasteiger partial charge on any atom is 0.0587 e. The van der Waals surface area contributed by atoms with E-state index in [0.29, 0.717) is 6.04 Å². The van der Waals surface area contributed by atoms with E-state index < -0.39 is 0 Å². The third-order valence-electron chi connectivity index (χ3n) is 2.82. The largest absolute Gasteiger partial charge is 0.383 e. The van der Waals surface area contributed by atoms with Gasteiger partial charge in [-0.25, -0.2) is 0 Å². The van der Waals surface area contributed by atoms with Crippen molar-refractivity contribution in [3.8, 4) is 0 Å². The number of thioether (sulfide) groups is 1. The molecule has 0 amide bonds. The number of rotatable bonds is 6. The summed E-state index contributed by atoms with van der Waals surface area (Å²) in [4.78, 5) is 2.58. The molecular formula is C11H24N2OS. The van der Waals surface area contributed by atoms with E-state index in [1.165, 1.54) is 18.8 Å². The lowest BCUT2D eigenvalue weighted by Crippen LogP contribution is -2.46. The molecule has 0 aromatic rings. The first kappa shape index (κ1) is 13.3. The number of hydrogen-bond acceptors (Lipinski definition) is 4. The highest BCUT2D eigenvalue weighted by molar-refractivity contribution is 7.99. The quantitative estimate of drug-likeness (QED) is 0.692. The highest BCUT2D eigenvalue weighted by Crippen LogP contribution is 2.19. The number of nitrogens with one attached hydrogen (secondary N) is 1. The van der Waals surface area contributed by atoms with Crippen LogP contribution in [0.25, 0.3) is 0 Å². The second-order valence-electron chi connectivity index (χ2n) is 4.22. The molecule has 0 aromatic carbocycles. The second-order valence-corrected chi connectivity index (χ2v) is 5.77. The summed E-state index contributed by atoms with van der Waals surface area (Å²) in [5.74, 6) is 1.28. The topological polar surface area (TPSA) is 24.5 Å². The van der Waals surface area contributed by atoms with E-state index in [-0.39, 0.29) is 0 Å². The molecule has 0 saturated carbocycles. The van der Waals surface area contributed by atoms with Crippen molar-refractivity contribution in [2.75, 3.05) is 45.6 Å². The van der Waals surface area contributed by atoms with Gasteiger partial charge >= 0.3 is 0 Å². The summed E-state index contributed by atoms with van der Waals surface area (Å²) in [6.07, 6.45) is 0. The molecule has 3 nitrogen and oxygen atoms in total. The summed E-state index contributed by atoms with van der Waals surface area (Å²) in [7, 11) is 1.74. The Morgan fingerprint density at radius 1 is 1.60 bits per heavy atom. The van der Waals surface area contributed by atoms with Crippen LogP contribution < -0.4 is 5.32 Å². The van der Waals surface area contributed by atoms with E-state index in [0.717, 1.165) is 24.9 Å². The molecule has 2 atom stereocenters. The fourth-order valence-corrected chi connectivity index (χ4v) is 2.90. The van der Waals surface area contributed by atoms with Crippen LogP contribution >= 0.6 is 11.8 Å². The second kappa shape index (κ2) is 7.49. The van der Waals surface area contributed by atoms with Gasteiger partial charge < -0.3 is 10.1 Å². The first-order chi connectivity index (χ1) is 7.24. The lowest BCUT2D eigenvalue weighted by atomic mass is 10.2. The molecule has 0 bridgehead atoms. The van der Waals surface area contributed by atoms with Gasteiger partial charge in [-0.2, -0.15) is 11.8 Å². The summed E-state index contributed by atoms with van der Waals surface area (Å²) in [6.45, 7) is 9.93. The zero-order chi connectivity index (χ0) is 11.1. The molecule has 0 radical (unpaired) electrons. The zero-order valence-corrected chi connectivity index (χ0v) is 11.0. The minimum absolute atomic E-state index is 0.644. The molecule has 1 rings (SSSR count). The van der Waals surface area contributed by atoms with Gasteiger partial charge in [0.15, 0.2) is 0 Å². The maximum atomic E-state index is 5.01. The van der Waals surface area contributed by atoms with Crippen LogP contribution in [0.2, 0.25) is 0 Å². The van der Waals surface area contributed by atoms with Crippen molar-refractivity contribution >= 4 is 11.8 Å². The van der Waals surface area contributed by atoms with E-state index in [4.69, 9.17) is 4.74 Å². The van der Waals surface area contributed by atoms with Crippen molar-refractivity contribution < 1.29 is 4.74 Å². The Labute approximate surface area is 97.9 Å². The van der Waals surface area contributed by atoms with Crippen LogP contribution in [0.5, 0.6) is 0 Å². The molecule has 1 fully saturated rings. The van der Waals surface area contributed by atoms with Gasteiger partial charge in [-0.1, -0.05) is 6.92 Å². The predicted molar refractivity (Wildman–Crippen MR) is 67.7 cm³/mol. The summed E-state index contributed by atoms with van der Waals surface area (Å²) >= 11 is 2.09. The number of nitrogens with zero attached hydrogens (tertiary/aromatic N) is 1. The van der Waals surface area contributed by atoms with Crippen LogP contribution in [0.15, 0.2) is 0 Å². The average Bonchev–Trinajstić information content (AvgIpc) is 2.24. The van der Waals surface area contributed by atoms with Crippen LogP contribution in [0.1, 0.15) is 13.8 Å². The molecule has 0 spiro atoms. The molecule has 1 saturated heterocycles. The van der Waals surface area contributed by atoms with Gasteiger partial charge in [0.2, 0.25) is 0 Å². The monoisotopic (exact) mass is 232 g/mol. The van der Waals surface area contributed by atoms with Gasteiger partial charge in [-0.05, 0) is 6.92 Å². The van der Waals surface area contributed by atoms with Crippen molar-refractivity contribution in [2.45, 2.75) is 25.1 Å². The molecule has 15 heavy (non-hydrogen) atoms. The van der Waals surface area contributed by atoms with Gasteiger partial charge in [-0.3, -0.25) is 4.90 Å². The number of hydrogen-bond donors (Lipinski definition) is 1. The lowest BCUT2D eigenvalue weighted by Gasteiger charge is -2.35. The Morgan fingerprint density at radius 2 is 2.40 bits per heavy atom. The SMILES string of the molecule is COCCNCC(C)N1CCSC(C)C1. The van der Waals surface area contributed by atoms with Gasteiger partial charge in [0.25, 0.3) is 0 Å². The molecule has 1 aliphatic rings. The normalized spacial score (nSPS) is 25.4. The first-order valence-electron chi connectivity index (χ1n) is 5.79. The van der Waals surface area contributed by atoms with Crippen LogP contribution in [0.3, 0.4) is 0 Å². The number of ether oxygens (including phenoxy) is 1.